The summed E-state index contributed by atoms with van der Waals surface area (Å²) in [7, 11) is 1.79. The number of amides is 1. The third-order valence-corrected chi connectivity index (χ3v) is 4.16. The van der Waals surface area contributed by atoms with Crippen LogP contribution in [0.15, 0.2) is 39.6 Å². The normalized spacial score (nSPS) is 10.8. The second-order valence-electron chi connectivity index (χ2n) is 5.28. The Morgan fingerprint density at radius 3 is 2.67 bits per heavy atom. The number of aryl methyl sites for hydroxylation is 2. The van der Waals surface area contributed by atoms with Crippen LogP contribution in [0.4, 0.5) is 6.01 Å². The van der Waals surface area contributed by atoms with Crippen LogP contribution in [0.3, 0.4) is 0 Å². The van der Waals surface area contributed by atoms with Gasteiger partial charge in [-0.1, -0.05) is 17.2 Å². The molecule has 0 atom stereocenters. The minimum absolute atomic E-state index is 0.0783. The Bertz CT molecular complexity index is 854. The molecule has 24 heavy (non-hydrogen) atoms. The van der Waals surface area contributed by atoms with Crippen molar-refractivity contribution >= 4 is 23.7 Å². The number of anilines is 1. The fourth-order valence-corrected chi connectivity index (χ4v) is 2.69. The molecule has 0 unspecified atom stereocenters. The standard InChI is InChI=1S/C16H17N5O2S/c1-10-8-13(21(2)20-10)15-18-19-16(23-15)17-14(22)9-11-4-6-12(24-3)7-5-11/h4-8H,9H2,1-3H3,(H,17,19,22). The van der Waals surface area contributed by atoms with Crippen LogP contribution in [-0.4, -0.2) is 32.1 Å². The molecule has 0 saturated heterocycles. The van der Waals surface area contributed by atoms with Crippen LogP contribution in [0.1, 0.15) is 11.3 Å². The molecule has 0 aliphatic carbocycles. The number of benzene rings is 1. The van der Waals surface area contributed by atoms with Gasteiger partial charge >= 0.3 is 6.01 Å². The van der Waals surface area contributed by atoms with E-state index < -0.39 is 0 Å². The zero-order chi connectivity index (χ0) is 17.1. The maximum absolute atomic E-state index is 12.1. The van der Waals surface area contributed by atoms with E-state index in [9.17, 15) is 4.79 Å². The first-order valence-corrected chi connectivity index (χ1v) is 8.55. The van der Waals surface area contributed by atoms with Crippen LogP contribution < -0.4 is 5.32 Å². The van der Waals surface area contributed by atoms with Gasteiger partial charge in [-0.2, -0.15) is 5.10 Å². The summed E-state index contributed by atoms with van der Waals surface area (Å²) in [6.07, 6.45) is 2.26. The van der Waals surface area contributed by atoms with Gasteiger partial charge in [-0.25, -0.2) is 0 Å². The van der Waals surface area contributed by atoms with E-state index in [2.05, 4.69) is 20.6 Å². The first-order valence-electron chi connectivity index (χ1n) is 7.32. The van der Waals surface area contributed by atoms with E-state index in [1.807, 2.05) is 43.5 Å². The summed E-state index contributed by atoms with van der Waals surface area (Å²) in [5.74, 6) is 0.112. The summed E-state index contributed by atoms with van der Waals surface area (Å²) in [5.41, 5.74) is 2.48. The fourth-order valence-electron chi connectivity index (χ4n) is 2.28. The molecule has 0 bridgehead atoms. The van der Waals surface area contributed by atoms with Gasteiger partial charge in [0.15, 0.2) is 0 Å². The molecular weight excluding hydrogens is 326 g/mol. The first-order chi connectivity index (χ1) is 11.5. The van der Waals surface area contributed by atoms with Crippen molar-refractivity contribution in [3.05, 3.63) is 41.6 Å². The highest BCUT2D eigenvalue weighted by molar-refractivity contribution is 7.98. The van der Waals surface area contributed by atoms with E-state index in [1.54, 1.807) is 23.5 Å². The quantitative estimate of drug-likeness (QED) is 0.717. The zero-order valence-corrected chi connectivity index (χ0v) is 14.4. The van der Waals surface area contributed by atoms with Crippen molar-refractivity contribution in [3.63, 3.8) is 0 Å². The van der Waals surface area contributed by atoms with Crippen molar-refractivity contribution in [1.29, 1.82) is 0 Å². The summed E-state index contributed by atoms with van der Waals surface area (Å²) in [4.78, 5) is 13.3. The lowest BCUT2D eigenvalue weighted by Gasteiger charge is -2.02. The molecule has 0 aliphatic rings. The Balaban J connectivity index is 1.65. The number of thioether (sulfide) groups is 1. The molecule has 3 rings (SSSR count). The summed E-state index contributed by atoms with van der Waals surface area (Å²) < 4.78 is 7.14. The molecule has 2 heterocycles. The Kier molecular flexibility index (Phi) is 4.66. The molecule has 0 radical (unpaired) electrons. The molecule has 3 aromatic rings. The van der Waals surface area contributed by atoms with E-state index >= 15 is 0 Å². The predicted molar refractivity (Wildman–Crippen MR) is 91.8 cm³/mol. The maximum atomic E-state index is 12.1. The van der Waals surface area contributed by atoms with Gasteiger partial charge in [0.1, 0.15) is 5.69 Å². The van der Waals surface area contributed by atoms with Gasteiger partial charge in [0.2, 0.25) is 5.91 Å². The largest absolute Gasteiger partial charge is 0.401 e. The Morgan fingerprint density at radius 1 is 1.29 bits per heavy atom. The Labute approximate surface area is 143 Å². The van der Waals surface area contributed by atoms with Crippen molar-refractivity contribution in [1.82, 2.24) is 20.0 Å². The summed E-state index contributed by atoms with van der Waals surface area (Å²) in [5, 5.41) is 14.7. The number of hydrogen-bond acceptors (Lipinski definition) is 6. The van der Waals surface area contributed by atoms with Gasteiger partial charge in [0, 0.05) is 11.9 Å². The highest BCUT2D eigenvalue weighted by atomic mass is 32.2. The molecule has 1 N–H and O–H groups in total. The van der Waals surface area contributed by atoms with Crippen molar-refractivity contribution in [3.8, 4) is 11.6 Å². The van der Waals surface area contributed by atoms with E-state index in [4.69, 9.17) is 4.42 Å². The second kappa shape index (κ2) is 6.88. The van der Waals surface area contributed by atoms with Crippen molar-refractivity contribution < 1.29 is 9.21 Å². The van der Waals surface area contributed by atoms with Gasteiger partial charge in [0.05, 0.1) is 12.1 Å². The third-order valence-electron chi connectivity index (χ3n) is 3.42. The maximum Gasteiger partial charge on any atom is 0.322 e. The monoisotopic (exact) mass is 343 g/mol. The third kappa shape index (κ3) is 3.65. The van der Waals surface area contributed by atoms with Crippen molar-refractivity contribution in [2.45, 2.75) is 18.2 Å². The minimum Gasteiger partial charge on any atom is -0.401 e. The zero-order valence-electron chi connectivity index (χ0n) is 13.6. The van der Waals surface area contributed by atoms with E-state index in [0.29, 0.717) is 11.6 Å². The average Bonchev–Trinajstić information content (AvgIpc) is 3.14. The number of nitrogens with zero attached hydrogens (tertiary/aromatic N) is 4. The first kappa shape index (κ1) is 16.3. The molecule has 0 fully saturated rings. The molecular formula is C16H17N5O2S. The highest BCUT2D eigenvalue weighted by Crippen LogP contribution is 2.20. The number of nitrogens with one attached hydrogen (secondary N) is 1. The van der Waals surface area contributed by atoms with Crippen LogP contribution in [0.2, 0.25) is 0 Å². The van der Waals surface area contributed by atoms with Gasteiger partial charge in [-0.15, -0.1) is 16.9 Å². The van der Waals surface area contributed by atoms with Crippen LogP contribution in [0.25, 0.3) is 11.6 Å². The lowest BCUT2D eigenvalue weighted by molar-refractivity contribution is -0.115. The van der Waals surface area contributed by atoms with Crippen molar-refractivity contribution in [2.24, 2.45) is 7.05 Å². The van der Waals surface area contributed by atoms with E-state index in [1.165, 1.54) is 0 Å². The van der Waals surface area contributed by atoms with Gasteiger partial charge in [-0.05, 0) is 36.9 Å². The molecule has 124 valence electrons. The SMILES string of the molecule is CSc1ccc(CC(=O)Nc2nnc(-c3cc(C)nn3C)o2)cc1. The average molecular weight is 343 g/mol. The van der Waals surface area contributed by atoms with Crippen LogP contribution >= 0.6 is 11.8 Å². The molecule has 0 aliphatic heterocycles. The number of rotatable bonds is 5. The summed E-state index contributed by atoms with van der Waals surface area (Å²) in [6.45, 7) is 1.88. The predicted octanol–water partition coefficient (Wildman–Crippen LogP) is 2.68. The molecule has 7 nitrogen and oxygen atoms in total. The summed E-state index contributed by atoms with van der Waals surface area (Å²) >= 11 is 1.66. The smallest absolute Gasteiger partial charge is 0.322 e. The topological polar surface area (TPSA) is 85.8 Å². The van der Waals surface area contributed by atoms with Crippen molar-refractivity contribution in [2.75, 3.05) is 11.6 Å². The van der Waals surface area contributed by atoms with Gasteiger partial charge in [0.25, 0.3) is 5.89 Å². The second-order valence-corrected chi connectivity index (χ2v) is 6.16. The molecule has 2 aromatic heterocycles. The van der Waals surface area contributed by atoms with Crippen LogP contribution in [0.5, 0.6) is 0 Å². The lowest BCUT2D eigenvalue weighted by atomic mass is 10.1. The number of aromatic nitrogens is 4. The molecule has 0 saturated carbocycles. The van der Waals surface area contributed by atoms with Crippen LogP contribution in [0, 0.1) is 6.92 Å². The Hall–Kier alpha value is -2.61. The van der Waals surface area contributed by atoms with Gasteiger partial charge < -0.3 is 4.42 Å². The van der Waals surface area contributed by atoms with Crippen LogP contribution in [-0.2, 0) is 18.3 Å². The Morgan fingerprint density at radius 2 is 2.04 bits per heavy atom. The molecule has 0 spiro atoms. The molecule has 1 aromatic carbocycles. The van der Waals surface area contributed by atoms with E-state index in [-0.39, 0.29) is 18.3 Å². The summed E-state index contributed by atoms with van der Waals surface area (Å²) in [6, 6.07) is 9.76. The number of carbonyl (C=O) groups is 1. The lowest BCUT2D eigenvalue weighted by Crippen LogP contribution is -2.14. The highest BCUT2D eigenvalue weighted by Gasteiger charge is 2.15. The fraction of sp³-hybridized carbons (Fsp3) is 0.250. The number of hydrogen-bond donors (Lipinski definition) is 1. The van der Waals surface area contributed by atoms with E-state index in [0.717, 1.165) is 16.2 Å². The van der Waals surface area contributed by atoms with Gasteiger partial charge in [-0.3, -0.25) is 14.8 Å². The molecule has 1 amide bonds. The minimum atomic E-state index is -0.205. The number of carbonyl (C=O) groups excluding carboxylic acids is 1. The molecule has 8 heteroatoms.